The van der Waals surface area contributed by atoms with Crippen LogP contribution in [-0.4, -0.2) is 53.6 Å². The maximum atomic E-state index is 6.10. The molecule has 5 heterocycles. The van der Waals surface area contributed by atoms with Gasteiger partial charge in [0.15, 0.2) is 5.82 Å². The van der Waals surface area contributed by atoms with Crippen molar-refractivity contribution in [1.82, 2.24) is 34.4 Å². The van der Waals surface area contributed by atoms with Crippen LogP contribution in [0, 0.1) is 6.92 Å². The highest BCUT2D eigenvalue weighted by molar-refractivity contribution is 7.18. The molecule has 0 amide bonds. The minimum Gasteiger partial charge on any atom is -0.326 e. The van der Waals surface area contributed by atoms with Crippen molar-refractivity contribution in [1.29, 1.82) is 0 Å². The molecule has 1 aromatic carbocycles. The molecule has 8 nitrogen and oxygen atoms in total. The average molecular weight is 457 g/mol. The number of nitrogens with zero attached hydrogens (tertiary/aromatic N) is 6. The molecule has 5 aromatic rings. The third-order valence-electron chi connectivity index (χ3n) is 6.08. The molecule has 1 aliphatic heterocycles. The number of aryl methyl sites for hydroxylation is 1. The van der Waals surface area contributed by atoms with Crippen LogP contribution in [0.15, 0.2) is 55.0 Å². The van der Waals surface area contributed by atoms with E-state index in [4.69, 9.17) is 15.7 Å². The van der Waals surface area contributed by atoms with Crippen molar-refractivity contribution in [2.24, 2.45) is 5.73 Å². The number of pyridine rings is 1. The Morgan fingerprint density at radius 1 is 1.15 bits per heavy atom. The highest BCUT2D eigenvalue weighted by Gasteiger charge is 2.23. The first kappa shape index (κ1) is 20.2. The number of benzene rings is 1. The van der Waals surface area contributed by atoms with Crippen LogP contribution in [-0.2, 0) is 6.54 Å². The number of thiazole rings is 1. The van der Waals surface area contributed by atoms with Crippen molar-refractivity contribution in [3.8, 4) is 32.7 Å². The number of imidazole rings is 1. The third-order valence-corrected chi connectivity index (χ3v) is 7.14. The zero-order chi connectivity index (χ0) is 22.4. The fraction of sp³-hybridized carbons (Fsp3) is 0.250. The van der Waals surface area contributed by atoms with Crippen molar-refractivity contribution >= 4 is 17.0 Å². The molecular formula is C24H24N8S. The molecule has 166 valence electrons. The summed E-state index contributed by atoms with van der Waals surface area (Å²) in [6, 6.07) is 14.7. The predicted octanol–water partition coefficient (Wildman–Crippen LogP) is 3.75. The van der Waals surface area contributed by atoms with Crippen molar-refractivity contribution in [3.05, 3.63) is 66.2 Å². The second kappa shape index (κ2) is 8.18. The lowest BCUT2D eigenvalue weighted by Gasteiger charge is -2.15. The van der Waals surface area contributed by atoms with Gasteiger partial charge in [0.25, 0.3) is 0 Å². The maximum absolute atomic E-state index is 6.10. The van der Waals surface area contributed by atoms with E-state index in [-0.39, 0.29) is 6.04 Å². The summed E-state index contributed by atoms with van der Waals surface area (Å²) < 4.78 is 2.17. The number of fused-ring (bicyclic) bond motifs is 1. The Labute approximate surface area is 195 Å². The van der Waals surface area contributed by atoms with Crippen molar-refractivity contribution < 1.29 is 0 Å². The van der Waals surface area contributed by atoms with Gasteiger partial charge in [-0.2, -0.15) is 5.10 Å². The highest BCUT2D eigenvalue weighted by atomic mass is 32.1. The number of hydrogen-bond acceptors (Lipinski definition) is 7. The van der Waals surface area contributed by atoms with Gasteiger partial charge in [-0.25, -0.2) is 15.0 Å². The molecule has 0 saturated carbocycles. The van der Waals surface area contributed by atoms with Gasteiger partial charge in [0.05, 0.1) is 16.3 Å². The van der Waals surface area contributed by atoms with Gasteiger partial charge in [0.2, 0.25) is 0 Å². The summed E-state index contributed by atoms with van der Waals surface area (Å²) in [5.41, 5.74) is 12.2. The fourth-order valence-corrected chi connectivity index (χ4v) is 5.64. The van der Waals surface area contributed by atoms with Gasteiger partial charge in [-0.15, -0.1) is 11.3 Å². The molecule has 0 spiro atoms. The average Bonchev–Trinajstić information content (AvgIpc) is 3.60. The Hall–Kier alpha value is -3.40. The van der Waals surface area contributed by atoms with Crippen LogP contribution in [0.3, 0.4) is 0 Å². The van der Waals surface area contributed by atoms with Crippen LogP contribution in [0.1, 0.15) is 17.7 Å². The molecule has 0 radical (unpaired) electrons. The molecule has 4 aromatic heterocycles. The smallest absolute Gasteiger partial charge is 0.167 e. The van der Waals surface area contributed by atoms with Gasteiger partial charge in [-0.1, -0.05) is 36.4 Å². The van der Waals surface area contributed by atoms with Crippen LogP contribution < -0.4 is 5.73 Å². The maximum Gasteiger partial charge on any atom is 0.167 e. The topological polar surface area (TPSA) is 101 Å². The van der Waals surface area contributed by atoms with E-state index >= 15 is 0 Å². The Morgan fingerprint density at radius 3 is 2.79 bits per heavy atom. The zero-order valence-corrected chi connectivity index (χ0v) is 19.1. The first-order valence-electron chi connectivity index (χ1n) is 11.0. The quantitative estimate of drug-likeness (QED) is 0.418. The number of hydrogen-bond donors (Lipinski definition) is 2. The molecule has 33 heavy (non-hydrogen) atoms. The molecule has 0 aliphatic carbocycles. The number of aromatic nitrogens is 6. The first-order valence-corrected chi connectivity index (χ1v) is 11.9. The largest absolute Gasteiger partial charge is 0.326 e. The van der Waals surface area contributed by atoms with E-state index in [0.29, 0.717) is 0 Å². The number of H-pyrrole nitrogens is 1. The van der Waals surface area contributed by atoms with E-state index in [2.05, 4.69) is 54.9 Å². The number of likely N-dealkylation sites (tertiary alicyclic amines) is 1. The van der Waals surface area contributed by atoms with Crippen LogP contribution in [0.25, 0.3) is 38.3 Å². The van der Waals surface area contributed by atoms with Crippen LogP contribution >= 0.6 is 11.3 Å². The van der Waals surface area contributed by atoms with Gasteiger partial charge < -0.3 is 5.73 Å². The number of aromatic amines is 1. The molecule has 1 fully saturated rings. The monoisotopic (exact) mass is 456 g/mol. The molecule has 1 atom stereocenters. The molecule has 1 aliphatic rings. The van der Waals surface area contributed by atoms with Gasteiger partial charge in [0, 0.05) is 37.4 Å². The van der Waals surface area contributed by atoms with E-state index in [1.165, 1.54) is 11.9 Å². The lowest BCUT2D eigenvalue weighted by molar-refractivity contribution is 0.326. The summed E-state index contributed by atoms with van der Waals surface area (Å²) >= 11 is 1.61. The van der Waals surface area contributed by atoms with Gasteiger partial charge in [-0.05, 0) is 25.0 Å². The predicted molar refractivity (Wildman–Crippen MR) is 130 cm³/mol. The lowest BCUT2D eigenvalue weighted by atomic mass is 10.1. The van der Waals surface area contributed by atoms with E-state index in [0.717, 1.165) is 70.1 Å². The van der Waals surface area contributed by atoms with Gasteiger partial charge in [-0.3, -0.25) is 14.4 Å². The SMILES string of the molecule is Cc1nc2ccc(CN3CC[C@H](N)C3)cn2c1-c1nc(-c2ccccc2)c(-c2ncn[nH]2)s1. The molecule has 0 unspecified atom stereocenters. The normalized spacial score (nSPS) is 16.7. The molecule has 1 saturated heterocycles. The Kier molecular flexibility index (Phi) is 5.01. The Morgan fingerprint density at radius 2 is 2.03 bits per heavy atom. The summed E-state index contributed by atoms with van der Waals surface area (Å²) in [5.74, 6) is 0.718. The number of nitrogens with one attached hydrogen (secondary N) is 1. The molecule has 6 rings (SSSR count). The Balaban J connectivity index is 1.46. The summed E-state index contributed by atoms with van der Waals surface area (Å²) in [4.78, 5) is 17.7. The molecule has 9 heteroatoms. The molecular weight excluding hydrogens is 432 g/mol. The van der Waals surface area contributed by atoms with Crippen molar-refractivity contribution in [2.75, 3.05) is 13.1 Å². The highest BCUT2D eigenvalue weighted by Crippen LogP contribution is 2.40. The van der Waals surface area contributed by atoms with E-state index in [1.807, 2.05) is 25.1 Å². The molecule has 3 N–H and O–H groups in total. The van der Waals surface area contributed by atoms with Crippen LogP contribution in [0.5, 0.6) is 0 Å². The Bertz CT molecular complexity index is 1400. The van der Waals surface area contributed by atoms with Crippen molar-refractivity contribution in [2.45, 2.75) is 25.9 Å². The standard InChI is InChI=1S/C24H24N8S/c1-15-21(32-12-16(7-8-19(32)28-15)11-31-10-9-18(25)13-31)24-29-20(17-5-3-2-4-6-17)22(33-24)23-26-14-27-30-23/h2-8,12,14,18H,9-11,13,25H2,1H3,(H,26,27,30)/t18-/m0/s1. The summed E-state index contributed by atoms with van der Waals surface area (Å²) in [7, 11) is 0. The number of rotatable bonds is 5. The summed E-state index contributed by atoms with van der Waals surface area (Å²) in [6.45, 7) is 4.92. The minimum absolute atomic E-state index is 0.279. The fourth-order valence-electron chi connectivity index (χ4n) is 4.51. The van der Waals surface area contributed by atoms with E-state index < -0.39 is 0 Å². The molecule has 0 bridgehead atoms. The summed E-state index contributed by atoms with van der Waals surface area (Å²) in [5, 5.41) is 7.96. The lowest BCUT2D eigenvalue weighted by Crippen LogP contribution is -2.26. The second-order valence-corrected chi connectivity index (χ2v) is 9.49. The minimum atomic E-state index is 0.279. The van der Waals surface area contributed by atoms with E-state index in [9.17, 15) is 0 Å². The zero-order valence-electron chi connectivity index (χ0n) is 18.3. The second-order valence-electron chi connectivity index (χ2n) is 8.49. The summed E-state index contributed by atoms with van der Waals surface area (Å²) in [6.07, 6.45) is 4.77. The number of nitrogens with two attached hydrogens (primary N) is 1. The van der Waals surface area contributed by atoms with Crippen LogP contribution in [0.4, 0.5) is 0 Å². The third kappa shape index (κ3) is 3.74. The van der Waals surface area contributed by atoms with Crippen LogP contribution in [0.2, 0.25) is 0 Å². The van der Waals surface area contributed by atoms with Gasteiger partial charge >= 0.3 is 0 Å². The first-order chi connectivity index (χ1) is 16.2. The van der Waals surface area contributed by atoms with E-state index in [1.54, 1.807) is 11.3 Å². The van der Waals surface area contributed by atoms with Crippen molar-refractivity contribution in [3.63, 3.8) is 0 Å². The van der Waals surface area contributed by atoms with Gasteiger partial charge in [0.1, 0.15) is 22.7 Å².